The third-order valence-electron chi connectivity index (χ3n) is 8.84. The lowest BCUT2D eigenvalue weighted by Gasteiger charge is -2.33. The minimum atomic E-state index is -1.16. The molecule has 3 aromatic carbocycles. The van der Waals surface area contributed by atoms with Gasteiger partial charge in [-0.25, -0.2) is 4.79 Å². The van der Waals surface area contributed by atoms with Crippen LogP contribution in [0.4, 0.5) is 5.69 Å². The van der Waals surface area contributed by atoms with E-state index in [2.05, 4.69) is 79.6 Å². The van der Waals surface area contributed by atoms with E-state index in [0.29, 0.717) is 25.4 Å². The number of fused-ring (bicyclic) bond motifs is 2. The van der Waals surface area contributed by atoms with E-state index < -0.39 is 5.60 Å². The van der Waals surface area contributed by atoms with Crippen molar-refractivity contribution in [3.63, 3.8) is 0 Å². The number of rotatable bonds is 16. The molecule has 0 fully saturated rings. The van der Waals surface area contributed by atoms with E-state index >= 15 is 0 Å². The Morgan fingerprint density at radius 1 is 0.841 bits per heavy atom. The first-order valence-corrected chi connectivity index (χ1v) is 16.5. The van der Waals surface area contributed by atoms with Crippen LogP contribution < -0.4 is 9.64 Å². The van der Waals surface area contributed by atoms with Gasteiger partial charge in [0, 0.05) is 84.3 Å². The Bertz CT molecular complexity index is 1570. The lowest BCUT2D eigenvalue weighted by Crippen LogP contribution is -2.32. The molecule has 6 heteroatoms. The fourth-order valence-corrected chi connectivity index (χ4v) is 6.69. The molecule has 0 N–H and O–H groups in total. The summed E-state index contributed by atoms with van der Waals surface area (Å²) in [5.74, 6) is 0.432. The number of esters is 1. The number of aryl methyl sites for hydroxylation is 1. The average Bonchev–Trinajstić information content (AvgIpc) is 3.51. The van der Waals surface area contributed by atoms with Crippen LogP contribution in [0.5, 0.6) is 5.75 Å². The Morgan fingerprint density at radius 2 is 1.57 bits per heavy atom. The third-order valence-corrected chi connectivity index (χ3v) is 8.84. The SMILES string of the molecule is CCCCN(CCCC)c1ccc(C2(c3c(C)n(CC)c4ccccc34)OC(=O)c3ccccc32)c(OCCCOCC)c1. The first kappa shape index (κ1) is 31.6. The minimum absolute atomic E-state index is 0.313. The van der Waals surface area contributed by atoms with Crippen LogP contribution in [0.2, 0.25) is 0 Å². The van der Waals surface area contributed by atoms with Gasteiger partial charge in [0.2, 0.25) is 0 Å². The first-order valence-electron chi connectivity index (χ1n) is 16.5. The van der Waals surface area contributed by atoms with Gasteiger partial charge in [-0.1, -0.05) is 63.1 Å². The Kier molecular flexibility index (Phi) is 10.3. The summed E-state index contributed by atoms with van der Waals surface area (Å²) in [7, 11) is 0. The summed E-state index contributed by atoms with van der Waals surface area (Å²) in [5, 5.41) is 1.08. The van der Waals surface area contributed by atoms with E-state index in [1.54, 1.807) is 0 Å². The van der Waals surface area contributed by atoms with Crippen LogP contribution >= 0.6 is 0 Å². The number of para-hydroxylation sites is 1. The molecule has 2 heterocycles. The summed E-state index contributed by atoms with van der Waals surface area (Å²) in [6.45, 7) is 15.4. The van der Waals surface area contributed by atoms with E-state index in [1.807, 2.05) is 31.2 Å². The van der Waals surface area contributed by atoms with Gasteiger partial charge in [0.15, 0.2) is 5.60 Å². The van der Waals surface area contributed by atoms with Crippen LogP contribution in [-0.2, 0) is 21.6 Å². The maximum atomic E-state index is 13.7. The van der Waals surface area contributed by atoms with Crippen molar-refractivity contribution in [1.29, 1.82) is 0 Å². The van der Waals surface area contributed by atoms with Gasteiger partial charge >= 0.3 is 5.97 Å². The summed E-state index contributed by atoms with van der Waals surface area (Å²) < 4.78 is 21.3. The monoisotopic (exact) mass is 596 g/mol. The lowest BCUT2D eigenvalue weighted by molar-refractivity contribution is 0.0245. The van der Waals surface area contributed by atoms with Crippen molar-refractivity contribution in [2.24, 2.45) is 0 Å². The number of cyclic esters (lactones) is 1. The number of anilines is 1. The molecule has 4 aromatic rings. The molecular formula is C38H48N2O4. The highest BCUT2D eigenvalue weighted by atomic mass is 16.6. The van der Waals surface area contributed by atoms with Crippen molar-refractivity contribution in [3.05, 3.63) is 94.7 Å². The second kappa shape index (κ2) is 14.3. The lowest BCUT2D eigenvalue weighted by atomic mass is 9.78. The number of hydrogen-bond donors (Lipinski definition) is 0. The second-order valence-corrected chi connectivity index (χ2v) is 11.6. The van der Waals surface area contributed by atoms with Gasteiger partial charge in [-0.3, -0.25) is 0 Å². The highest BCUT2D eigenvalue weighted by Crippen LogP contribution is 2.53. The molecule has 0 radical (unpaired) electrons. The van der Waals surface area contributed by atoms with Crippen molar-refractivity contribution in [2.45, 2.75) is 78.9 Å². The van der Waals surface area contributed by atoms with Crippen LogP contribution in [-0.4, -0.2) is 43.4 Å². The van der Waals surface area contributed by atoms with Gasteiger partial charge in [-0.15, -0.1) is 0 Å². The zero-order valence-electron chi connectivity index (χ0n) is 27.2. The van der Waals surface area contributed by atoms with E-state index in [4.69, 9.17) is 14.2 Å². The molecule has 5 rings (SSSR count). The molecule has 0 amide bonds. The molecule has 0 spiro atoms. The highest BCUT2D eigenvalue weighted by molar-refractivity contribution is 5.99. The van der Waals surface area contributed by atoms with Crippen molar-refractivity contribution >= 4 is 22.6 Å². The smallest absolute Gasteiger partial charge is 0.340 e. The Hall–Kier alpha value is -3.77. The van der Waals surface area contributed by atoms with E-state index in [9.17, 15) is 4.79 Å². The van der Waals surface area contributed by atoms with Gasteiger partial charge in [0.1, 0.15) is 5.75 Å². The van der Waals surface area contributed by atoms with Crippen LogP contribution in [0, 0.1) is 6.92 Å². The van der Waals surface area contributed by atoms with E-state index in [1.165, 1.54) is 0 Å². The number of aromatic nitrogens is 1. The fraction of sp³-hybridized carbons (Fsp3) is 0.447. The molecule has 0 bridgehead atoms. The number of nitrogens with zero attached hydrogens (tertiary/aromatic N) is 2. The molecule has 44 heavy (non-hydrogen) atoms. The van der Waals surface area contributed by atoms with Crippen LogP contribution in [0.1, 0.15) is 92.5 Å². The van der Waals surface area contributed by atoms with E-state index in [0.717, 1.165) is 96.5 Å². The Labute approximate surface area is 262 Å². The van der Waals surface area contributed by atoms with Crippen LogP contribution in [0.15, 0.2) is 66.7 Å². The molecule has 0 aliphatic carbocycles. The topological polar surface area (TPSA) is 52.9 Å². The second-order valence-electron chi connectivity index (χ2n) is 11.6. The number of hydrogen-bond acceptors (Lipinski definition) is 5. The van der Waals surface area contributed by atoms with Gasteiger partial charge in [0.25, 0.3) is 0 Å². The summed E-state index contributed by atoms with van der Waals surface area (Å²) in [6, 6.07) is 22.8. The van der Waals surface area contributed by atoms with Gasteiger partial charge < -0.3 is 23.7 Å². The average molecular weight is 597 g/mol. The molecule has 1 atom stereocenters. The zero-order chi connectivity index (χ0) is 31.1. The molecule has 0 saturated heterocycles. The minimum Gasteiger partial charge on any atom is -0.493 e. The summed E-state index contributed by atoms with van der Waals surface area (Å²) in [5.41, 5.74) is 5.48. The zero-order valence-corrected chi connectivity index (χ0v) is 27.2. The molecule has 0 saturated carbocycles. The van der Waals surface area contributed by atoms with Crippen LogP contribution in [0.25, 0.3) is 10.9 Å². The predicted octanol–water partition coefficient (Wildman–Crippen LogP) is 8.64. The van der Waals surface area contributed by atoms with Crippen LogP contribution in [0.3, 0.4) is 0 Å². The third kappa shape index (κ3) is 5.84. The number of ether oxygens (including phenoxy) is 3. The first-order chi connectivity index (χ1) is 21.5. The largest absolute Gasteiger partial charge is 0.493 e. The van der Waals surface area contributed by atoms with Crippen molar-refractivity contribution in [2.75, 3.05) is 37.8 Å². The maximum absolute atomic E-state index is 13.7. The number of carbonyl (C=O) groups excluding carboxylic acids is 1. The Balaban J connectivity index is 1.76. The Morgan fingerprint density at radius 3 is 2.30 bits per heavy atom. The van der Waals surface area contributed by atoms with Crippen molar-refractivity contribution in [1.82, 2.24) is 4.57 Å². The quantitative estimate of drug-likeness (QED) is 0.0957. The van der Waals surface area contributed by atoms with Crippen molar-refractivity contribution < 1.29 is 19.0 Å². The summed E-state index contributed by atoms with van der Waals surface area (Å²) >= 11 is 0. The van der Waals surface area contributed by atoms with E-state index in [-0.39, 0.29) is 5.97 Å². The summed E-state index contributed by atoms with van der Waals surface area (Å²) in [4.78, 5) is 16.2. The van der Waals surface area contributed by atoms with Gasteiger partial charge in [0.05, 0.1) is 12.2 Å². The molecule has 6 nitrogen and oxygen atoms in total. The predicted molar refractivity (Wildman–Crippen MR) is 179 cm³/mol. The molecule has 1 aliphatic heterocycles. The molecular weight excluding hydrogens is 548 g/mol. The molecule has 1 aromatic heterocycles. The number of benzene rings is 3. The maximum Gasteiger partial charge on any atom is 0.340 e. The van der Waals surface area contributed by atoms with Crippen molar-refractivity contribution in [3.8, 4) is 5.75 Å². The fourth-order valence-electron chi connectivity index (χ4n) is 6.69. The van der Waals surface area contributed by atoms with Gasteiger partial charge in [-0.2, -0.15) is 0 Å². The number of carbonyl (C=O) groups is 1. The normalized spacial score (nSPS) is 15.9. The highest BCUT2D eigenvalue weighted by Gasteiger charge is 2.52. The standard InChI is InChI=1S/C38H48N2O4/c1-6-10-23-39(24-11-7-2)29-21-22-33(35(27-29)43-26-16-25-42-9-4)38(32-19-14-12-17-30(32)37(41)44-38)36-28(5)40(8-3)34-20-15-13-18-31(34)36/h12-15,17-22,27H,6-11,16,23-26H2,1-5H3. The molecule has 1 unspecified atom stereocenters. The molecule has 1 aliphatic rings. The van der Waals surface area contributed by atoms with Gasteiger partial charge in [-0.05, 0) is 57.9 Å². The molecule has 234 valence electrons. The number of unbranched alkanes of at least 4 members (excludes halogenated alkanes) is 2. The summed E-state index contributed by atoms with van der Waals surface area (Å²) in [6.07, 6.45) is 5.29.